The number of furan rings is 1. The summed E-state index contributed by atoms with van der Waals surface area (Å²) in [4.78, 5) is 27.3. The Kier molecular flexibility index (Phi) is 6.99. The highest BCUT2D eigenvalue weighted by Gasteiger charge is 2.21. The van der Waals surface area contributed by atoms with E-state index in [4.69, 9.17) is 9.15 Å². The third-order valence-electron chi connectivity index (χ3n) is 5.46. The van der Waals surface area contributed by atoms with Gasteiger partial charge < -0.3 is 19.8 Å². The van der Waals surface area contributed by atoms with Gasteiger partial charge in [0.05, 0.1) is 19.0 Å². The predicted molar refractivity (Wildman–Crippen MR) is 122 cm³/mol. The molecule has 2 aromatic carbocycles. The summed E-state index contributed by atoms with van der Waals surface area (Å²) in [5.41, 5.74) is 3.17. The fourth-order valence-electron chi connectivity index (χ4n) is 3.69. The number of hydrogen-bond donors (Lipinski definition) is 2. The summed E-state index contributed by atoms with van der Waals surface area (Å²) in [6.45, 7) is 5.43. The van der Waals surface area contributed by atoms with E-state index in [-0.39, 0.29) is 23.7 Å². The number of nitrogens with one attached hydrogen (secondary N) is 2. The third kappa shape index (κ3) is 5.63. The first-order valence-electron chi connectivity index (χ1n) is 10.7. The molecule has 1 aromatic heterocycles. The highest BCUT2D eigenvalue weighted by Crippen LogP contribution is 2.18. The Morgan fingerprint density at radius 1 is 1.06 bits per heavy atom. The van der Waals surface area contributed by atoms with Gasteiger partial charge in [0, 0.05) is 37.4 Å². The molecule has 0 radical (unpaired) electrons. The number of aryl methyl sites for hydroxylation is 1. The lowest BCUT2D eigenvalue weighted by atomic mass is 10.1. The lowest BCUT2D eigenvalue weighted by molar-refractivity contribution is -0.0292. The van der Waals surface area contributed by atoms with Gasteiger partial charge in [0.15, 0.2) is 5.76 Å². The fraction of sp³-hybridized carbons (Fsp3) is 0.280. The lowest BCUT2D eigenvalue weighted by Gasteiger charge is -2.33. The number of ether oxygens (including phenoxy) is 1. The minimum atomic E-state index is -0.357. The summed E-state index contributed by atoms with van der Waals surface area (Å²) < 4.78 is 11.0. The summed E-state index contributed by atoms with van der Waals surface area (Å²) in [5, 5.41) is 5.76. The van der Waals surface area contributed by atoms with Gasteiger partial charge in [0.2, 0.25) is 0 Å². The van der Waals surface area contributed by atoms with Crippen LogP contribution in [0, 0.1) is 6.92 Å². The maximum atomic E-state index is 12.7. The van der Waals surface area contributed by atoms with Gasteiger partial charge in [-0.3, -0.25) is 14.5 Å². The number of carbonyl (C=O) groups excluding carboxylic acids is 2. The van der Waals surface area contributed by atoms with E-state index in [1.807, 2.05) is 31.2 Å². The van der Waals surface area contributed by atoms with Gasteiger partial charge in [-0.25, -0.2) is 0 Å². The molecular formula is C25H27N3O4. The molecule has 4 rings (SSSR count). The molecule has 2 N–H and O–H groups in total. The van der Waals surface area contributed by atoms with Crippen LogP contribution >= 0.6 is 0 Å². The molecule has 7 heteroatoms. The van der Waals surface area contributed by atoms with Crippen molar-refractivity contribution in [3.05, 3.63) is 89.4 Å². The van der Waals surface area contributed by atoms with Crippen LogP contribution in [0.5, 0.6) is 0 Å². The molecule has 0 spiro atoms. The zero-order chi connectivity index (χ0) is 22.3. The van der Waals surface area contributed by atoms with Crippen LogP contribution in [0.3, 0.4) is 0 Å². The molecular weight excluding hydrogens is 406 g/mol. The Morgan fingerprint density at radius 2 is 1.91 bits per heavy atom. The summed E-state index contributed by atoms with van der Waals surface area (Å²) >= 11 is 0. The Labute approximate surface area is 187 Å². The van der Waals surface area contributed by atoms with E-state index in [2.05, 4.69) is 27.7 Å². The number of morpholine rings is 1. The van der Waals surface area contributed by atoms with Crippen LogP contribution in [-0.4, -0.2) is 49.1 Å². The van der Waals surface area contributed by atoms with E-state index in [1.54, 1.807) is 24.3 Å². The van der Waals surface area contributed by atoms with Crippen molar-refractivity contribution in [2.24, 2.45) is 0 Å². The number of hydrogen-bond acceptors (Lipinski definition) is 5. The van der Waals surface area contributed by atoms with Crippen molar-refractivity contribution in [3.8, 4) is 0 Å². The second-order valence-electron chi connectivity index (χ2n) is 7.88. The number of nitrogens with zero attached hydrogens (tertiary/aromatic N) is 1. The van der Waals surface area contributed by atoms with E-state index in [0.29, 0.717) is 24.4 Å². The highest BCUT2D eigenvalue weighted by molar-refractivity contribution is 6.03. The fourth-order valence-corrected chi connectivity index (χ4v) is 3.69. The van der Waals surface area contributed by atoms with Gasteiger partial charge in [-0.15, -0.1) is 0 Å². The van der Waals surface area contributed by atoms with Crippen molar-refractivity contribution in [1.29, 1.82) is 0 Å². The largest absolute Gasteiger partial charge is 0.459 e. The minimum Gasteiger partial charge on any atom is -0.459 e. The number of anilines is 1. The van der Waals surface area contributed by atoms with E-state index < -0.39 is 0 Å². The summed E-state index contributed by atoms with van der Waals surface area (Å²) in [5.74, 6) is -0.346. The summed E-state index contributed by atoms with van der Waals surface area (Å²) in [6, 6.07) is 18.8. The van der Waals surface area contributed by atoms with Crippen LogP contribution in [0.25, 0.3) is 0 Å². The number of carbonyl (C=O) groups is 2. The van der Waals surface area contributed by atoms with Crippen molar-refractivity contribution < 1.29 is 18.7 Å². The second-order valence-corrected chi connectivity index (χ2v) is 7.88. The van der Waals surface area contributed by atoms with Crippen LogP contribution in [0.4, 0.5) is 5.69 Å². The molecule has 7 nitrogen and oxygen atoms in total. The molecule has 0 bridgehead atoms. The normalized spacial score (nSPS) is 16.5. The Balaban J connectivity index is 1.32. The van der Waals surface area contributed by atoms with E-state index in [9.17, 15) is 9.59 Å². The van der Waals surface area contributed by atoms with Crippen molar-refractivity contribution in [2.75, 3.05) is 31.6 Å². The van der Waals surface area contributed by atoms with Gasteiger partial charge in [0.25, 0.3) is 11.8 Å². The van der Waals surface area contributed by atoms with Gasteiger partial charge in [-0.05, 0) is 42.3 Å². The van der Waals surface area contributed by atoms with Crippen LogP contribution in [-0.2, 0) is 11.3 Å². The number of benzene rings is 2. The first-order chi connectivity index (χ1) is 15.6. The smallest absolute Gasteiger partial charge is 0.291 e. The number of rotatable bonds is 7. The molecule has 32 heavy (non-hydrogen) atoms. The third-order valence-corrected chi connectivity index (χ3v) is 5.46. The first kappa shape index (κ1) is 21.8. The van der Waals surface area contributed by atoms with Crippen LogP contribution in [0.2, 0.25) is 0 Å². The minimum absolute atomic E-state index is 0.0695. The average Bonchev–Trinajstić information content (AvgIpc) is 3.35. The van der Waals surface area contributed by atoms with E-state index >= 15 is 0 Å². The molecule has 166 valence electrons. The lowest BCUT2D eigenvalue weighted by Crippen LogP contribution is -2.47. The highest BCUT2D eigenvalue weighted by atomic mass is 16.5. The SMILES string of the molecule is Cc1ccc(C(=O)NCC2CN(Cc3ccccc3)CCO2)cc1NC(=O)c1ccco1. The Bertz CT molecular complexity index is 1050. The molecule has 1 aliphatic rings. The summed E-state index contributed by atoms with van der Waals surface area (Å²) in [6.07, 6.45) is 1.37. The van der Waals surface area contributed by atoms with Crippen LogP contribution < -0.4 is 10.6 Å². The monoisotopic (exact) mass is 433 g/mol. The van der Waals surface area contributed by atoms with Crippen molar-refractivity contribution in [2.45, 2.75) is 19.6 Å². The topological polar surface area (TPSA) is 83.8 Å². The van der Waals surface area contributed by atoms with Gasteiger partial charge >= 0.3 is 0 Å². The van der Waals surface area contributed by atoms with Gasteiger partial charge in [-0.1, -0.05) is 36.4 Å². The molecule has 1 unspecified atom stereocenters. The predicted octanol–water partition coefficient (Wildman–Crippen LogP) is 3.47. The Hall–Kier alpha value is -3.42. The molecule has 1 aliphatic heterocycles. The number of amides is 2. The zero-order valence-corrected chi connectivity index (χ0v) is 18.0. The summed E-state index contributed by atoms with van der Waals surface area (Å²) in [7, 11) is 0. The van der Waals surface area contributed by atoms with E-state index in [0.717, 1.165) is 25.2 Å². The molecule has 1 atom stereocenters. The quantitative estimate of drug-likeness (QED) is 0.596. The molecule has 2 heterocycles. The average molecular weight is 434 g/mol. The van der Waals surface area contributed by atoms with Gasteiger partial charge in [0.1, 0.15) is 0 Å². The first-order valence-corrected chi connectivity index (χ1v) is 10.7. The standard InChI is InChI=1S/C25H27N3O4/c1-18-9-10-20(14-22(18)27-25(30)23-8-5-12-32-23)24(29)26-15-21-17-28(11-13-31-21)16-19-6-3-2-4-7-19/h2-10,12,14,21H,11,13,15-17H2,1H3,(H,26,29)(H,27,30). The van der Waals surface area contributed by atoms with Crippen molar-refractivity contribution in [3.63, 3.8) is 0 Å². The molecule has 0 saturated carbocycles. The molecule has 0 aliphatic carbocycles. The maximum absolute atomic E-state index is 12.7. The van der Waals surface area contributed by atoms with Gasteiger partial charge in [-0.2, -0.15) is 0 Å². The molecule has 2 amide bonds. The Morgan fingerprint density at radius 3 is 2.69 bits per heavy atom. The zero-order valence-electron chi connectivity index (χ0n) is 18.0. The van der Waals surface area contributed by atoms with Crippen LogP contribution in [0.15, 0.2) is 71.3 Å². The van der Waals surface area contributed by atoms with Crippen LogP contribution in [0.1, 0.15) is 32.0 Å². The molecule has 3 aromatic rings. The van der Waals surface area contributed by atoms with E-state index in [1.165, 1.54) is 11.8 Å². The maximum Gasteiger partial charge on any atom is 0.291 e. The van der Waals surface area contributed by atoms with Crippen molar-refractivity contribution >= 4 is 17.5 Å². The molecule has 1 saturated heterocycles. The van der Waals surface area contributed by atoms with Crippen molar-refractivity contribution in [1.82, 2.24) is 10.2 Å². The molecule has 1 fully saturated rings. The second kappa shape index (κ2) is 10.3.